The molecule has 0 spiro atoms. The van der Waals surface area contributed by atoms with Crippen LogP contribution >= 0.6 is 0 Å². The van der Waals surface area contributed by atoms with E-state index >= 15 is 0 Å². The number of nitrogens with one attached hydrogen (secondary N) is 2. The Morgan fingerprint density at radius 2 is 1.59 bits per heavy atom. The molecule has 2 atom stereocenters. The monoisotopic (exact) mass is 480 g/mol. The molecule has 34 heavy (non-hydrogen) atoms. The standard InChI is InChI=1S/C23H23F3N2O6/c1-33-19(21(30)31)11-27-20(29)18(10-23(24,25)26)28-22(32)34-12-17-15-8-4-2-6-13(15)14-7-3-5-9-16(14)17/h2-9,17-19H,10-12H2,1H3,(H,27,29)(H,28,32)(H,30,31). The molecule has 0 radical (unpaired) electrons. The van der Waals surface area contributed by atoms with E-state index in [9.17, 15) is 27.6 Å². The van der Waals surface area contributed by atoms with Crippen LogP contribution in [0.15, 0.2) is 48.5 Å². The van der Waals surface area contributed by atoms with Gasteiger partial charge in [0.1, 0.15) is 12.6 Å². The summed E-state index contributed by atoms with van der Waals surface area (Å²) in [5.74, 6) is -2.93. The van der Waals surface area contributed by atoms with E-state index in [1.807, 2.05) is 53.8 Å². The molecule has 1 aliphatic rings. The van der Waals surface area contributed by atoms with Crippen molar-refractivity contribution in [3.63, 3.8) is 0 Å². The highest BCUT2D eigenvalue weighted by molar-refractivity contribution is 5.86. The molecule has 0 saturated heterocycles. The number of carbonyl (C=O) groups excluding carboxylic acids is 2. The number of aliphatic carboxylic acids is 1. The number of rotatable bonds is 9. The van der Waals surface area contributed by atoms with Crippen LogP contribution in [0.1, 0.15) is 23.5 Å². The van der Waals surface area contributed by atoms with Gasteiger partial charge in [-0.15, -0.1) is 0 Å². The van der Waals surface area contributed by atoms with Crippen LogP contribution in [0, 0.1) is 0 Å². The number of benzene rings is 2. The molecule has 0 aliphatic heterocycles. The van der Waals surface area contributed by atoms with E-state index in [1.165, 1.54) is 0 Å². The van der Waals surface area contributed by atoms with Gasteiger partial charge in [-0.05, 0) is 22.3 Å². The van der Waals surface area contributed by atoms with Crippen molar-refractivity contribution in [1.82, 2.24) is 10.6 Å². The van der Waals surface area contributed by atoms with Crippen LogP contribution in [0.5, 0.6) is 0 Å². The Morgan fingerprint density at radius 3 is 2.09 bits per heavy atom. The number of methoxy groups -OCH3 is 1. The van der Waals surface area contributed by atoms with Crippen LogP contribution in [-0.4, -0.2) is 61.7 Å². The third-order valence-corrected chi connectivity index (χ3v) is 5.41. The van der Waals surface area contributed by atoms with E-state index in [4.69, 9.17) is 9.84 Å². The zero-order chi connectivity index (χ0) is 24.9. The summed E-state index contributed by atoms with van der Waals surface area (Å²) in [7, 11) is 1.08. The molecule has 8 nitrogen and oxygen atoms in total. The summed E-state index contributed by atoms with van der Waals surface area (Å²) >= 11 is 0. The second kappa shape index (κ2) is 10.6. The molecule has 11 heteroatoms. The van der Waals surface area contributed by atoms with Gasteiger partial charge >= 0.3 is 18.2 Å². The predicted molar refractivity (Wildman–Crippen MR) is 114 cm³/mol. The van der Waals surface area contributed by atoms with Crippen LogP contribution < -0.4 is 10.6 Å². The van der Waals surface area contributed by atoms with E-state index in [2.05, 4.69) is 10.1 Å². The summed E-state index contributed by atoms with van der Waals surface area (Å²) in [5, 5.41) is 12.9. The van der Waals surface area contributed by atoms with E-state index in [0.717, 1.165) is 29.4 Å². The average molecular weight is 480 g/mol. The number of carboxylic acids is 1. The fourth-order valence-electron chi connectivity index (χ4n) is 3.81. The van der Waals surface area contributed by atoms with Gasteiger partial charge in [0.2, 0.25) is 5.91 Å². The number of hydrogen-bond acceptors (Lipinski definition) is 5. The normalized spacial score (nSPS) is 14.5. The van der Waals surface area contributed by atoms with Gasteiger partial charge in [-0.3, -0.25) is 4.79 Å². The summed E-state index contributed by atoms with van der Waals surface area (Å²) < 4.78 is 48.8. The SMILES string of the molecule is COC(CNC(=O)C(CC(F)(F)F)NC(=O)OCC1c2ccccc2-c2ccccc21)C(=O)O. The lowest BCUT2D eigenvalue weighted by molar-refractivity contribution is -0.151. The Kier molecular flexibility index (Phi) is 7.77. The van der Waals surface area contributed by atoms with Crippen LogP contribution in [-0.2, 0) is 19.1 Å². The topological polar surface area (TPSA) is 114 Å². The summed E-state index contributed by atoms with van der Waals surface area (Å²) in [6.07, 6.45) is -9.09. The number of ether oxygens (including phenoxy) is 2. The Hall–Kier alpha value is -3.60. The zero-order valence-corrected chi connectivity index (χ0v) is 18.1. The van der Waals surface area contributed by atoms with Crippen LogP contribution in [0.2, 0.25) is 0 Å². The minimum absolute atomic E-state index is 0.148. The molecule has 0 saturated carbocycles. The largest absolute Gasteiger partial charge is 0.479 e. The van der Waals surface area contributed by atoms with Gasteiger partial charge in [0.05, 0.1) is 13.0 Å². The first-order chi connectivity index (χ1) is 16.1. The van der Waals surface area contributed by atoms with Gasteiger partial charge in [-0.1, -0.05) is 48.5 Å². The van der Waals surface area contributed by atoms with Gasteiger partial charge in [0.25, 0.3) is 0 Å². The summed E-state index contributed by atoms with van der Waals surface area (Å²) in [5.41, 5.74) is 3.79. The molecule has 0 fully saturated rings. The van der Waals surface area contributed by atoms with Gasteiger partial charge in [-0.25, -0.2) is 9.59 Å². The molecule has 3 N–H and O–H groups in total. The van der Waals surface area contributed by atoms with Crippen molar-refractivity contribution in [2.75, 3.05) is 20.3 Å². The summed E-state index contributed by atoms with van der Waals surface area (Å²) in [4.78, 5) is 35.5. The van der Waals surface area contributed by atoms with Gasteiger partial charge < -0.3 is 25.2 Å². The number of hydrogen-bond donors (Lipinski definition) is 3. The Balaban J connectivity index is 1.66. The number of carbonyl (C=O) groups is 3. The highest BCUT2D eigenvalue weighted by Gasteiger charge is 2.37. The minimum Gasteiger partial charge on any atom is -0.479 e. The highest BCUT2D eigenvalue weighted by Crippen LogP contribution is 2.44. The lowest BCUT2D eigenvalue weighted by atomic mass is 9.98. The maximum Gasteiger partial charge on any atom is 0.407 e. The molecule has 1 aliphatic carbocycles. The second-order valence-corrected chi connectivity index (χ2v) is 7.65. The molecular weight excluding hydrogens is 457 g/mol. The Morgan fingerprint density at radius 1 is 1.03 bits per heavy atom. The van der Waals surface area contributed by atoms with Crippen LogP contribution in [0.25, 0.3) is 11.1 Å². The molecule has 2 aromatic carbocycles. The van der Waals surface area contributed by atoms with Crippen molar-refractivity contribution in [2.24, 2.45) is 0 Å². The first-order valence-corrected chi connectivity index (χ1v) is 10.3. The number of alkyl carbamates (subject to hydrolysis) is 1. The van der Waals surface area contributed by atoms with Gasteiger partial charge in [0, 0.05) is 13.0 Å². The molecule has 0 bridgehead atoms. The third kappa shape index (κ3) is 6.04. The van der Waals surface area contributed by atoms with Gasteiger partial charge in [-0.2, -0.15) is 13.2 Å². The third-order valence-electron chi connectivity index (χ3n) is 5.41. The Bertz CT molecular complexity index is 1010. The lowest BCUT2D eigenvalue weighted by Crippen LogP contribution is -2.51. The predicted octanol–water partition coefficient (Wildman–Crippen LogP) is 3.06. The van der Waals surface area contributed by atoms with Gasteiger partial charge in [0.15, 0.2) is 6.10 Å². The highest BCUT2D eigenvalue weighted by atomic mass is 19.4. The van der Waals surface area contributed by atoms with Crippen molar-refractivity contribution in [2.45, 2.75) is 30.7 Å². The number of alkyl halides is 3. The molecule has 182 valence electrons. The van der Waals surface area contributed by atoms with Crippen molar-refractivity contribution in [1.29, 1.82) is 0 Å². The second-order valence-electron chi connectivity index (χ2n) is 7.65. The molecule has 3 rings (SSSR count). The lowest BCUT2D eigenvalue weighted by Gasteiger charge is -2.21. The number of fused-ring (bicyclic) bond motifs is 3. The van der Waals surface area contributed by atoms with Crippen LogP contribution in [0.3, 0.4) is 0 Å². The molecule has 0 aromatic heterocycles. The van der Waals surface area contributed by atoms with Crippen molar-refractivity contribution >= 4 is 18.0 Å². The fourth-order valence-corrected chi connectivity index (χ4v) is 3.81. The Labute approximate surface area is 193 Å². The van der Waals surface area contributed by atoms with Crippen molar-refractivity contribution in [3.05, 3.63) is 59.7 Å². The fraction of sp³-hybridized carbons (Fsp3) is 0.348. The molecule has 2 aromatic rings. The van der Waals surface area contributed by atoms with E-state index in [-0.39, 0.29) is 12.5 Å². The minimum atomic E-state index is -4.77. The van der Waals surface area contributed by atoms with E-state index < -0.39 is 49.3 Å². The quantitative estimate of drug-likeness (QED) is 0.509. The average Bonchev–Trinajstić information content (AvgIpc) is 3.10. The first-order valence-electron chi connectivity index (χ1n) is 10.3. The number of carboxylic acid groups (broad SMARTS) is 1. The van der Waals surface area contributed by atoms with Crippen LogP contribution in [0.4, 0.5) is 18.0 Å². The molecular formula is C23H23F3N2O6. The maximum atomic E-state index is 13.0. The molecule has 2 unspecified atom stereocenters. The number of amides is 2. The van der Waals surface area contributed by atoms with E-state index in [1.54, 1.807) is 0 Å². The van der Waals surface area contributed by atoms with Crippen molar-refractivity contribution < 1.29 is 42.1 Å². The summed E-state index contributed by atoms with van der Waals surface area (Å²) in [6.45, 7) is -0.726. The van der Waals surface area contributed by atoms with E-state index in [0.29, 0.717) is 0 Å². The first kappa shape index (κ1) is 25.0. The number of halogens is 3. The van der Waals surface area contributed by atoms with Crippen molar-refractivity contribution in [3.8, 4) is 11.1 Å². The summed E-state index contributed by atoms with van der Waals surface area (Å²) in [6, 6.07) is 13.1. The smallest absolute Gasteiger partial charge is 0.407 e. The zero-order valence-electron chi connectivity index (χ0n) is 18.1. The maximum absolute atomic E-state index is 13.0. The molecule has 2 amide bonds. The molecule has 0 heterocycles.